The van der Waals surface area contributed by atoms with E-state index in [0.717, 1.165) is 16.8 Å². The Morgan fingerprint density at radius 2 is 2.00 bits per heavy atom. The first kappa shape index (κ1) is 11.8. The van der Waals surface area contributed by atoms with E-state index >= 15 is 0 Å². The molecule has 19 heavy (non-hydrogen) atoms. The molecule has 0 saturated carbocycles. The quantitative estimate of drug-likeness (QED) is 0.763. The minimum Gasteiger partial charge on any atom is -0.464 e. The van der Waals surface area contributed by atoms with E-state index in [1.165, 1.54) is 4.57 Å². The maximum Gasteiger partial charge on any atom is 0.419 e. The number of benzene rings is 1. The van der Waals surface area contributed by atoms with Crippen molar-refractivity contribution < 1.29 is 8.83 Å². The molecule has 0 spiro atoms. The summed E-state index contributed by atoms with van der Waals surface area (Å²) in [4.78, 5) is 11.4. The van der Waals surface area contributed by atoms with Gasteiger partial charge in [-0.15, -0.1) is 0 Å². The molecule has 0 aliphatic rings. The standard InChI is InChI=1S/C14H14N2O3/c1-8-3-6-11(18-8)13(15)9-4-5-10-12(7-9)19-14(17)16(10)2/h3-7,13H,15H2,1-2H3. The molecule has 0 amide bonds. The second kappa shape index (κ2) is 4.13. The first-order chi connectivity index (χ1) is 9.06. The van der Waals surface area contributed by atoms with Crippen LogP contribution in [0.25, 0.3) is 11.1 Å². The summed E-state index contributed by atoms with van der Waals surface area (Å²) in [6.45, 7) is 1.87. The van der Waals surface area contributed by atoms with Crippen LogP contribution in [0.5, 0.6) is 0 Å². The van der Waals surface area contributed by atoms with Crippen LogP contribution in [0.2, 0.25) is 0 Å². The van der Waals surface area contributed by atoms with Gasteiger partial charge in [-0.05, 0) is 36.8 Å². The molecule has 1 unspecified atom stereocenters. The zero-order chi connectivity index (χ0) is 13.6. The van der Waals surface area contributed by atoms with Crippen LogP contribution in [0, 0.1) is 6.92 Å². The maximum absolute atomic E-state index is 11.4. The van der Waals surface area contributed by atoms with Crippen LogP contribution in [0.1, 0.15) is 23.1 Å². The van der Waals surface area contributed by atoms with Crippen molar-refractivity contribution in [1.82, 2.24) is 4.57 Å². The van der Waals surface area contributed by atoms with E-state index in [0.29, 0.717) is 11.3 Å². The van der Waals surface area contributed by atoms with Gasteiger partial charge in [0.15, 0.2) is 5.58 Å². The fourth-order valence-corrected chi connectivity index (χ4v) is 2.13. The fraction of sp³-hybridized carbons (Fsp3) is 0.214. The van der Waals surface area contributed by atoms with E-state index in [2.05, 4.69) is 0 Å². The van der Waals surface area contributed by atoms with Gasteiger partial charge >= 0.3 is 5.76 Å². The van der Waals surface area contributed by atoms with Crippen LogP contribution < -0.4 is 11.5 Å². The number of oxazole rings is 1. The van der Waals surface area contributed by atoms with Crippen LogP contribution in [-0.4, -0.2) is 4.57 Å². The van der Waals surface area contributed by atoms with Crippen molar-refractivity contribution in [2.45, 2.75) is 13.0 Å². The summed E-state index contributed by atoms with van der Waals surface area (Å²) in [5.41, 5.74) is 8.27. The van der Waals surface area contributed by atoms with Gasteiger partial charge in [0.1, 0.15) is 11.5 Å². The predicted molar refractivity (Wildman–Crippen MR) is 70.9 cm³/mol. The molecule has 2 N–H and O–H groups in total. The van der Waals surface area contributed by atoms with E-state index in [1.807, 2.05) is 31.2 Å². The molecule has 0 radical (unpaired) electrons. The number of aromatic nitrogens is 1. The number of aryl methyl sites for hydroxylation is 2. The minimum absolute atomic E-state index is 0.372. The first-order valence-electron chi connectivity index (χ1n) is 5.97. The summed E-state index contributed by atoms with van der Waals surface area (Å²) in [7, 11) is 1.67. The normalized spacial score (nSPS) is 13.0. The average molecular weight is 258 g/mol. The fourth-order valence-electron chi connectivity index (χ4n) is 2.13. The molecule has 0 saturated heterocycles. The second-order valence-electron chi connectivity index (χ2n) is 4.58. The van der Waals surface area contributed by atoms with Crippen LogP contribution >= 0.6 is 0 Å². The van der Waals surface area contributed by atoms with Gasteiger partial charge in [-0.2, -0.15) is 0 Å². The average Bonchev–Trinajstić information content (AvgIpc) is 2.94. The Morgan fingerprint density at radius 3 is 2.68 bits per heavy atom. The summed E-state index contributed by atoms with van der Waals surface area (Å²) < 4.78 is 12.1. The SMILES string of the molecule is Cc1ccc(C(N)c2ccc3c(c2)oc(=O)n3C)o1. The first-order valence-corrected chi connectivity index (χ1v) is 5.97. The van der Waals surface area contributed by atoms with Crippen molar-refractivity contribution in [3.63, 3.8) is 0 Å². The van der Waals surface area contributed by atoms with Gasteiger partial charge in [0.25, 0.3) is 0 Å². The lowest BCUT2D eigenvalue weighted by Gasteiger charge is -2.08. The van der Waals surface area contributed by atoms with Crippen molar-refractivity contribution in [3.05, 3.63) is 58.0 Å². The second-order valence-corrected chi connectivity index (χ2v) is 4.58. The molecule has 5 nitrogen and oxygen atoms in total. The number of rotatable bonds is 2. The number of nitrogens with zero attached hydrogens (tertiary/aromatic N) is 1. The van der Waals surface area contributed by atoms with Crippen molar-refractivity contribution in [2.24, 2.45) is 12.8 Å². The van der Waals surface area contributed by atoms with Gasteiger partial charge < -0.3 is 14.6 Å². The molecule has 1 atom stereocenters. The summed E-state index contributed by atoms with van der Waals surface area (Å²) in [5.74, 6) is 1.13. The molecular formula is C14H14N2O3. The number of hydrogen-bond donors (Lipinski definition) is 1. The zero-order valence-corrected chi connectivity index (χ0v) is 10.7. The van der Waals surface area contributed by atoms with Gasteiger partial charge in [-0.3, -0.25) is 4.57 Å². The number of furan rings is 1. The molecule has 1 aromatic carbocycles. The van der Waals surface area contributed by atoms with E-state index in [4.69, 9.17) is 14.6 Å². The third-order valence-electron chi connectivity index (χ3n) is 3.24. The monoisotopic (exact) mass is 258 g/mol. The van der Waals surface area contributed by atoms with Crippen LogP contribution in [-0.2, 0) is 7.05 Å². The highest BCUT2D eigenvalue weighted by atomic mass is 16.4. The van der Waals surface area contributed by atoms with Gasteiger partial charge in [0.2, 0.25) is 0 Å². The smallest absolute Gasteiger partial charge is 0.419 e. The summed E-state index contributed by atoms with van der Waals surface area (Å²) in [6.07, 6.45) is 0. The Hall–Kier alpha value is -2.27. The lowest BCUT2D eigenvalue weighted by atomic mass is 10.1. The molecule has 0 bridgehead atoms. The van der Waals surface area contributed by atoms with Crippen LogP contribution in [0.4, 0.5) is 0 Å². The molecular weight excluding hydrogens is 244 g/mol. The molecule has 2 heterocycles. The van der Waals surface area contributed by atoms with E-state index < -0.39 is 0 Å². The van der Waals surface area contributed by atoms with E-state index in [9.17, 15) is 4.79 Å². The third kappa shape index (κ3) is 1.88. The van der Waals surface area contributed by atoms with Crippen LogP contribution in [0.3, 0.4) is 0 Å². The lowest BCUT2D eigenvalue weighted by Crippen LogP contribution is -2.10. The Bertz CT molecular complexity index is 794. The minimum atomic E-state index is -0.380. The Morgan fingerprint density at radius 1 is 1.21 bits per heavy atom. The van der Waals surface area contributed by atoms with Gasteiger partial charge in [0.05, 0.1) is 11.6 Å². The summed E-state index contributed by atoms with van der Waals surface area (Å²) >= 11 is 0. The Kier molecular flexibility index (Phi) is 2.57. The molecule has 3 rings (SSSR count). The maximum atomic E-state index is 11.4. The highest BCUT2D eigenvalue weighted by molar-refractivity contribution is 5.74. The van der Waals surface area contributed by atoms with Crippen molar-refractivity contribution in [3.8, 4) is 0 Å². The molecule has 3 aromatic rings. The largest absolute Gasteiger partial charge is 0.464 e. The highest BCUT2D eigenvalue weighted by Gasteiger charge is 2.15. The van der Waals surface area contributed by atoms with Crippen molar-refractivity contribution in [2.75, 3.05) is 0 Å². The number of hydrogen-bond acceptors (Lipinski definition) is 4. The van der Waals surface area contributed by atoms with Gasteiger partial charge in [0, 0.05) is 7.05 Å². The van der Waals surface area contributed by atoms with Crippen molar-refractivity contribution in [1.29, 1.82) is 0 Å². The van der Waals surface area contributed by atoms with Gasteiger partial charge in [-0.25, -0.2) is 4.79 Å². The molecule has 2 aromatic heterocycles. The topological polar surface area (TPSA) is 74.3 Å². The van der Waals surface area contributed by atoms with E-state index in [-0.39, 0.29) is 11.8 Å². The molecule has 0 fully saturated rings. The molecule has 98 valence electrons. The van der Waals surface area contributed by atoms with Gasteiger partial charge in [-0.1, -0.05) is 6.07 Å². The third-order valence-corrected chi connectivity index (χ3v) is 3.24. The molecule has 0 aliphatic heterocycles. The predicted octanol–water partition coefficient (Wildman–Crippen LogP) is 2.08. The lowest BCUT2D eigenvalue weighted by molar-refractivity contribution is 0.466. The number of nitrogens with two attached hydrogens (primary N) is 1. The summed E-state index contributed by atoms with van der Waals surface area (Å²) in [5, 5.41) is 0. The Labute approximate surface area is 109 Å². The van der Waals surface area contributed by atoms with Crippen LogP contribution in [0.15, 0.2) is 44.0 Å². The van der Waals surface area contributed by atoms with Crippen molar-refractivity contribution >= 4 is 11.1 Å². The Balaban J connectivity index is 2.08. The number of fused-ring (bicyclic) bond motifs is 1. The molecule has 5 heteroatoms. The highest BCUT2D eigenvalue weighted by Crippen LogP contribution is 2.24. The molecule has 0 aliphatic carbocycles. The summed E-state index contributed by atoms with van der Waals surface area (Å²) in [6, 6.07) is 8.83. The zero-order valence-electron chi connectivity index (χ0n) is 10.7. The van der Waals surface area contributed by atoms with E-state index in [1.54, 1.807) is 13.1 Å².